The van der Waals surface area contributed by atoms with E-state index in [1.165, 1.54) is 0 Å². The van der Waals surface area contributed by atoms with Gasteiger partial charge in [-0.15, -0.1) is 0 Å². The van der Waals surface area contributed by atoms with Crippen LogP contribution < -0.4 is 10.2 Å². The van der Waals surface area contributed by atoms with Crippen molar-refractivity contribution in [3.05, 3.63) is 54.4 Å². The van der Waals surface area contributed by atoms with Crippen molar-refractivity contribution in [3.8, 4) is 5.75 Å². The molecule has 0 bridgehead atoms. The summed E-state index contributed by atoms with van der Waals surface area (Å²) in [6, 6.07) is 12.1. The Morgan fingerprint density at radius 2 is 1.62 bits per heavy atom. The SMILES string of the molecule is CC(Oc1cncc(B2OC(C)(C)C(C)(C)O2)c1)c1ccccc1. The topological polar surface area (TPSA) is 40.6 Å². The second-order valence-corrected chi connectivity index (χ2v) is 7.21. The minimum absolute atomic E-state index is 0.0541. The molecule has 4 nitrogen and oxygen atoms in total. The molecule has 1 aliphatic heterocycles. The van der Waals surface area contributed by atoms with E-state index in [-0.39, 0.29) is 17.3 Å². The normalized spacial score (nSPS) is 20.0. The Hall–Kier alpha value is -1.85. The summed E-state index contributed by atoms with van der Waals surface area (Å²) in [6.45, 7) is 10.2. The molecule has 2 aromatic rings. The van der Waals surface area contributed by atoms with E-state index in [1.807, 2.05) is 58.9 Å². The third kappa shape index (κ3) is 3.33. The van der Waals surface area contributed by atoms with Crippen LogP contribution in [0.15, 0.2) is 48.8 Å². The summed E-state index contributed by atoms with van der Waals surface area (Å²) in [5, 5.41) is 0. The highest BCUT2D eigenvalue weighted by atomic mass is 16.7. The average molecular weight is 325 g/mol. The van der Waals surface area contributed by atoms with E-state index in [1.54, 1.807) is 12.4 Å². The van der Waals surface area contributed by atoms with Crippen LogP contribution in [0.5, 0.6) is 5.75 Å². The summed E-state index contributed by atoms with van der Waals surface area (Å²) in [5.41, 5.74) is 1.25. The zero-order chi connectivity index (χ0) is 17.4. The predicted octanol–water partition coefficient (Wildman–Crippen LogP) is 3.52. The van der Waals surface area contributed by atoms with Crippen molar-refractivity contribution >= 4 is 12.6 Å². The van der Waals surface area contributed by atoms with Crippen LogP contribution in [-0.4, -0.2) is 23.3 Å². The van der Waals surface area contributed by atoms with Crippen LogP contribution in [0.1, 0.15) is 46.3 Å². The Balaban J connectivity index is 1.76. The van der Waals surface area contributed by atoms with Crippen LogP contribution in [0.4, 0.5) is 0 Å². The lowest BCUT2D eigenvalue weighted by Gasteiger charge is -2.32. The van der Waals surface area contributed by atoms with Gasteiger partial charge in [-0.05, 0) is 46.2 Å². The van der Waals surface area contributed by atoms with Crippen LogP contribution in [-0.2, 0) is 9.31 Å². The van der Waals surface area contributed by atoms with E-state index < -0.39 is 7.12 Å². The molecule has 126 valence electrons. The first kappa shape index (κ1) is 17.0. The average Bonchev–Trinajstić information content (AvgIpc) is 2.76. The summed E-state index contributed by atoms with van der Waals surface area (Å²) in [6.07, 6.45) is 3.43. The molecule has 1 atom stereocenters. The molecular formula is C19H24BNO3. The highest BCUT2D eigenvalue weighted by molar-refractivity contribution is 6.62. The molecule has 1 fully saturated rings. The van der Waals surface area contributed by atoms with Crippen molar-refractivity contribution in [1.29, 1.82) is 0 Å². The van der Waals surface area contributed by atoms with Crippen molar-refractivity contribution in [2.75, 3.05) is 0 Å². The second-order valence-electron chi connectivity index (χ2n) is 7.21. The van der Waals surface area contributed by atoms with Gasteiger partial charge in [0.2, 0.25) is 0 Å². The van der Waals surface area contributed by atoms with Gasteiger partial charge in [-0.3, -0.25) is 4.98 Å². The van der Waals surface area contributed by atoms with E-state index in [0.717, 1.165) is 11.0 Å². The Bertz CT molecular complexity index is 687. The number of ether oxygens (including phenoxy) is 1. The smallest absolute Gasteiger partial charge is 0.484 e. The first-order valence-electron chi connectivity index (χ1n) is 8.31. The van der Waals surface area contributed by atoms with Crippen molar-refractivity contribution in [2.45, 2.75) is 51.9 Å². The van der Waals surface area contributed by atoms with E-state index in [4.69, 9.17) is 14.0 Å². The highest BCUT2D eigenvalue weighted by Gasteiger charge is 2.51. The lowest BCUT2D eigenvalue weighted by atomic mass is 9.80. The van der Waals surface area contributed by atoms with Crippen LogP contribution >= 0.6 is 0 Å². The number of rotatable bonds is 4. The third-order valence-corrected chi connectivity index (χ3v) is 4.84. The molecule has 0 radical (unpaired) electrons. The fraction of sp³-hybridized carbons (Fsp3) is 0.421. The lowest BCUT2D eigenvalue weighted by Crippen LogP contribution is -2.41. The number of hydrogen-bond donors (Lipinski definition) is 0. The van der Waals surface area contributed by atoms with Gasteiger partial charge in [0.15, 0.2) is 0 Å². The molecule has 1 unspecified atom stereocenters. The Morgan fingerprint density at radius 1 is 1.00 bits per heavy atom. The first-order valence-corrected chi connectivity index (χ1v) is 8.31. The van der Waals surface area contributed by atoms with Gasteiger partial charge in [0, 0.05) is 11.7 Å². The number of pyridine rings is 1. The lowest BCUT2D eigenvalue weighted by molar-refractivity contribution is 0.00578. The van der Waals surface area contributed by atoms with E-state index >= 15 is 0 Å². The molecule has 5 heteroatoms. The number of aromatic nitrogens is 1. The predicted molar refractivity (Wildman–Crippen MR) is 95.4 cm³/mol. The summed E-state index contributed by atoms with van der Waals surface area (Å²) >= 11 is 0. The van der Waals surface area contributed by atoms with Crippen molar-refractivity contribution in [1.82, 2.24) is 4.98 Å². The van der Waals surface area contributed by atoms with Gasteiger partial charge in [-0.1, -0.05) is 30.3 Å². The number of nitrogens with zero attached hydrogens (tertiary/aromatic N) is 1. The minimum atomic E-state index is -0.432. The quantitative estimate of drug-likeness (QED) is 0.807. The van der Waals surface area contributed by atoms with Gasteiger partial charge in [-0.2, -0.15) is 0 Å². The molecule has 0 amide bonds. The van der Waals surface area contributed by atoms with Crippen molar-refractivity contribution < 1.29 is 14.0 Å². The third-order valence-electron chi connectivity index (χ3n) is 4.84. The number of hydrogen-bond acceptors (Lipinski definition) is 4. The molecular weight excluding hydrogens is 301 g/mol. The molecule has 1 aromatic carbocycles. The molecule has 1 aliphatic rings. The van der Waals surface area contributed by atoms with Crippen LogP contribution in [0.3, 0.4) is 0 Å². The van der Waals surface area contributed by atoms with Crippen LogP contribution in [0, 0.1) is 0 Å². The molecule has 24 heavy (non-hydrogen) atoms. The van der Waals surface area contributed by atoms with E-state index in [9.17, 15) is 0 Å². The maximum Gasteiger partial charge on any atom is 0.496 e. The van der Waals surface area contributed by atoms with Crippen molar-refractivity contribution in [2.24, 2.45) is 0 Å². The van der Waals surface area contributed by atoms with Gasteiger partial charge in [-0.25, -0.2) is 0 Å². The largest absolute Gasteiger partial charge is 0.496 e. The summed E-state index contributed by atoms with van der Waals surface area (Å²) < 4.78 is 18.2. The monoisotopic (exact) mass is 325 g/mol. The van der Waals surface area contributed by atoms with Gasteiger partial charge in [0.05, 0.1) is 17.4 Å². The first-order chi connectivity index (χ1) is 11.3. The minimum Gasteiger partial charge on any atom is -0.484 e. The molecule has 0 N–H and O–H groups in total. The molecule has 0 aliphatic carbocycles. The molecule has 2 heterocycles. The molecule has 0 saturated carbocycles. The van der Waals surface area contributed by atoms with Gasteiger partial charge in [0.25, 0.3) is 0 Å². The van der Waals surface area contributed by atoms with E-state index in [2.05, 4.69) is 17.1 Å². The van der Waals surface area contributed by atoms with Crippen LogP contribution in [0.25, 0.3) is 0 Å². The Kier molecular flexibility index (Phi) is 4.41. The van der Waals surface area contributed by atoms with Crippen molar-refractivity contribution in [3.63, 3.8) is 0 Å². The van der Waals surface area contributed by atoms with E-state index in [0.29, 0.717) is 5.75 Å². The fourth-order valence-corrected chi connectivity index (χ4v) is 2.60. The van der Waals surface area contributed by atoms with Gasteiger partial charge in [0.1, 0.15) is 11.9 Å². The molecule has 0 spiro atoms. The number of benzene rings is 1. The zero-order valence-electron chi connectivity index (χ0n) is 14.9. The summed E-state index contributed by atoms with van der Waals surface area (Å²) in [7, 11) is -0.432. The van der Waals surface area contributed by atoms with Gasteiger partial charge >= 0.3 is 7.12 Å². The Labute approximate surface area is 144 Å². The molecule has 1 saturated heterocycles. The molecule has 3 rings (SSSR count). The van der Waals surface area contributed by atoms with Gasteiger partial charge < -0.3 is 14.0 Å². The standard InChI is InChI=1S/C19H24BNO3/c1-14(15-9-7-6-8-10-15)22-17-11-16(12-21-13-17)20-23-18(2,3)19(4,5)24-20/h6-14H,1-5H3. The fourth-order valence-electron chi connectivity index (χ4n) is 2.60. The highest BCUT2D eigenvalue weighted by Crippen LogP contribution is 2.36. The molecule has 1 aromatic heterocycles. The maximum atomic E-state index is 6.08. The summed E-state index contributed by atoms with van der Waals surface area (Å²) in [4.78, 5) is 4.29. The summed E-state index contributed by atoms with van der Waals surface area (Å²) in [5.74, 6) is 0.707. The Morgan fingerprint density at radius 3 is 2.25 bits per heavy atom. The van der Waals surface area contributed by atoms with Crippen LogP contribution in [0.2, 0.25) is 0 Å². The zero-order valence-corrected chi connectivity index (χ0v) is 14.9. The second kappa shape index (κ2) is 6.23. The maximum absolute atomic E-state index is 6.08.